The summed E-state index contributed by atoms with van der Waals surface area (Å²) in [5.74, 6) is 1.48. The molecule has 0 unspecified atom stereocenters. The molecule has 0 aromatic carbocycles. The maximum atomic E-state index is 12.2. The number of rotatable bonds is 6. The lowest BCUT2D eigenvalue weighted by molar-refractivity contribution is -0.135. The van der Waals surface area contributed by atoms with E-state index >= 15 is 0 Å². The minimum atomic E-state index is -0.307. The Hall–Kier alpha value is -1.14. The van der Waals surface area contributed by atoms with Gasteiger partial charge < -0.3 is 9.84 Å². The van der Waals surface area contributed by atoms with E-state index in [1.165, 1.54) is 0 Å². The first kappa shape index (κ1) is 16.2. The van der Waals surface area contributed by atoms with Crippen LogP contribution in [0.25, 0.3) is 0 Å². The molecule has 116 valence electrons. The van der Waals surface area contributed by atoms with E-state index in [4.69, 9.17) is 4.74 Å². The van der Waals surface area contributed by atoms with Gasteiger partial charge in [0.25, 0.3) is 0 Å². The third-order valence-corrected chi connectivity index (χ3v) is 4.10. The van der Waals surface area contributed by atoms with Crippen LogP contribution < -0.4 is 0 Å². The number of hydrogen-bond acceptors (Lipinski definition) is 4. The number of alkyl halides is 1. The van der Waals surface area contributed by atoms with Crippen molar-refractivity contribution in [3.8, 4) is 0 Å². The van der Waals surface area contributed by atoms with Crippen molar-refractivity contribution in [2.24, 2.45) is 4.99 Å². The zero-order valence-electron chi connectivity index (χ0n) is 12.2. The lowest BCUT2D eigenvalue weighted by atomic mass is 9.86. The standard InChI is InChI=1S/C15H21BrN2O3/c1-10(21-6-5-16)7-11-3-4-14(20)18(15(11)17-2)12-8-13(19)9-12/h7,12-13,19H,2-6,8-9H2,1H3/b10-7+. The smallest absolute Gasteiger partial charge is 0.228 e. The third-order valence-electron chi connectivity index (χ3n) is 3.78. The molecule has 0 aromatic heterocycles. The van der Waals surface area contributed by atoms with Crippen LogP contribution in [0.3, 0.4) is 0 Å². The molecule has 0 bridgehead atoms. The number of amides is 1. The summed E-state index contributed by atoms with van der Waals surface area (Å²) < 4.78 is 5.54. The molecule has 1 amide bonds. The number of aliphatic hydroxyl groups excluding tert-OH is 1. The average Bonchev–Trinajstić information content (AvgIpc) is 2.43. The largest absolute Gasteiger partial charge is 0.497 e. The summed E-state index contributed by atoms with van der Waals surface area (Å²) >= 11 is 3.32. The Labute approximate surface area is 133 Å². The van der Waals surface area contributed by atoms with E-state index in [0.717, 1.165) is 16.7 Å². The second kappa shape index (κ2) is 7.22. The first-order valence-corrected chi connectivity index (χ1v) is 8.26. The average molecular weight is 357 g/mol. The summed E-state index contributed by atoms with van der Waals surface area (Å²) in [5.41, 5.74) is 0.970. The lowest BCUT2D eigenvalue weighted by Crippen LogP contribution is -2.50. The molecule has 1 aliphatic carbocycles. The molecule has 6 heteroatoms. The second-order valence-corrected chi connectivity index (χ2v) is 6.14. The highest BCUT2D eigenvalue weighted by molar-refractivity contribution is 9.09. The van der Waals surface area contributed by atoms with Gasteiger partial charge in [-0.15, -0.1) is 0 Å². The first-order valence-electron chi connectivity index (χ1n) is 7.14. The van der Waals surface area contributed by atoms with Crippen molar-refractivity contribution in [2.45, 2.75) is 44.8 Å². The van der Waals surface area contributed by atoms with Crippen molar-refractivity contribution in [1.82, 2.24) is 4.90 Å². The molecule has 2 aliphatic rings. The molecule has 1 heterocycles. The highest BCUT2D eigenvalue weighted by Crippen LogP contribution is 2.35. The monoisotopic (exact) mass is 356 g/mol. The van der Waals surface area contributed by atoms with E-state index in [0.29, 0.717) is 38.1 Å². The molecule has 1 N–H and O–H groups in total. The van der Waals surface area contributed by atoms with Gasteiger partial charge in [-0.2, -0.15) is 0 Å². The van der Waals surface area contributed by atoms with Gasteiger partial charge in [0.05, 0.1) is 18.5 Å². The molecule has 5 nitrogen and oxygen atoms in total. The van der Waals surface area contributed by atoms with Gasteiger partial charge in [-0.05, 0) is 44.6 Å². The fourth-order valence-electron chi connectivity index (χ4n) is 2.69. The Morgan fingerprint density at radius 1 is 1.57 bits per heavy atom. The maximum Gasteiger partial charge on any atom is 0.228 e. The van der Waals surface area contributed by atoms with Gasteiger partial charge in [0.2, 0.25) is 5.91 Å². The predicted molar refractivity (Wildman–Crippen MR) is 85.2 cm³/mol. The minimum Gasteiger partial charge on any atom is -0.497 e. The van der Waals surface area contributed by atoms with Crippen LogP contribution in [0.4, 0.5) is 0 Å². The lowest BCUT2D eigenvalue weighted by Gasteiger charge is -2.42. The Kier molecular flexibility index (Phi) is 5.58. The van der Waals surface area contributed by atoms with Crippen molar-refractivity contribution < 1.29 is 14.6 Å². The summed E-state index contributed by atoms with van der Waals surface area (Å²) in [5, 5.41) is 10.2. The van der Waals surface area contributed by atoms with Crippen molar-refractivity contribution in [1.29, 1.82) is 0 Å². The van der Waals surface area contributed by atoms with Crippen LogP contribution in [0.2, 0.25) is 0 Å². The van der Waals surface area contributed by atoms with Crippen LogP contribution in [0.15, 0.2) is 28.2 Å². The van der Waals surface area contributed by atoms with Crippen LogP contribution in [0.5, 0.6) is 0 Å². The molecular weight excluding hydrogens is 336 g/mol. The van der Waals surface area contributed by atoms with Gasteiger partial charge in [0.15, 0.2) is 0 Å². The summed E-state index contributed by atoms with van der Waals surface area (Å²) in [6.45, 7) is 6.10. The van der Waals surface area contributed by atoms with Crippen molar-refractivity contribution >= 4 is 28.6 Å². The van der Waals surface area contributed by atoms with E-state index < -0.39 is 0 Å². The van der Waals surface area contributed by atoms with Gasteiger partial charge in [-0.1, -0.05) is 15.9 Å². The molecule has 0 spiro atoms. The van der Waals surface area contributed by atoms with Crippen molar-refractivity contribution in [2.75, 3.05) is 11.9 Å². The number of hydrogen-bond donors (Lipinski definition) is 1. The topological polar surface area (TPSA) is 62.1 Å². The van der Waals surface area contributed by atoms with Gasteiger partial charge in [0, 0.05) is 17.8 Å². The molecule has 21 heavy (non-hydrogen) atoms. The number of nitrogens with zero attached hydrogens (tertiary/aromatic N) is 2. The van der Waals surface area contributed by atoms with Crippen molar-refractivity contribution in [3.63, 3.8) is 0 Å². The van der Waals surface area contributed by atoms with E-state index in [-0.39, 0.29) is 18.1 Å². The Morgan fingerprint density at radius 3 is 2.86 bits per heavy atom. The molecule has 0 saturated heterocycles. The number of allylic oxidation sites excluding steroid dienone is 3. The number of aliphatic hydroxyl groups is 1. The highest BCUT2D eigenvalue weighted by atomic mass is 79.9. The normalized spacial score (nSPS) is 26.7. The summed E-state index contributed by atoms with van der Waals surface area (Å²) in [7, 11) is 0. The minimum absolute atomic E-state index is 0.0421. The first-order chi connectivity index (χ1) is 10.1. The van der Waals surface area contributed by atoms with Crippen LogP contribution in [0, 0.1) is 0 Å². The Bertz CT molecular complexity index is 481. The predicted octanol–water partition coefficient (Wildman–Crippen LogP) is 2.36. The summed E-state index contributed by atoms with van der Waals surface area (Å²) in [6.07, 6.45) is 3.96. The van der Waals surface area contributed by atoms with E-state index in [9.17, 15) is 9.90 Å². The third kappa shape index (κ3) is 3.74. The SMILES string of the molecule is C=NC1=C(/C=C(\C)OCCBr)CCC(=O)N1C1CC(O)C1. The van der Waals surface area contributed by atoms with Gasteiger partial charge in [0.1, 0.15) is 5.82 Å². The van der Waals surface area contributed by atoms with Crippen molar-refractivity contribution in [3.05, 3.63) is 23.2 Å². The van der Waals surface area contributed by atoms with Crippen LogP contribution in [0.1, 0.15) is 32.6 Å². The fraction of sp³-hybridized carbons (Fsp3) is 0.600. The number of ether oxygens (including phenoxy) is 1. The molecule has 1 aliphatic heterocycles. The van der Waals surface area contributed by atoms with E-state index in [1.54, 1.807) is 4.90 Å². The fourth-order valence-corrected chi connectivity index (χ4v) is 2.86. The second-order valence-electron chi connectivity index (χ2n) is 5.34. The zero-order valence-corrected chi connectivity index (χ0v) is 13.8. The number of halogens is 1. The van der Waals surface area contributed by atoms with Gasteiger partial charge in [-0.3, -0.25) is 9.69 Å². The zero-order chi connectivity index (χ0) is 15.4. The number of carbonyl (C=O) groups excluding carboxylic acids is 1. The molecular formula is C15H21BrN2O3. The summed E-state index contributed by atoms with van der Waals surface area (Å²) in [6, 6.07) is 0.0421. The van der Waals surface area contributed by atoms with Crippen LogP contribution >= 0.6 is 15.9 Å². The quantitative estimate of drug-likeness (QED) is 0.451. The number of aliphatic imine (C=N–C) groups is 1. The van der Waals surface area contributed by atoms with Gasteiger partial charge in [-0.25, -0.2) is 4.99 Å². The molecule has 0 atom stereocenters. The molecule has 0 aromatic rings. The van der Waals surface area contributed by atoms with E-state index in [2.05, 4.69) is 27.6 Å². The van der Waals surface area contributed by atoms with Gasteiger partial charge >= 0.3 is 0 Å². The molecule has 1 saturated carbocycles. The van der Waals surface area contributed by atoms with Crippen LogP contribution in [-0.4, -0.2) is 46.7 Å². The molecule has 0 radical (unpaired) electrons. The summed E-state index contributed by atoms with van der Waals surface area (Å²) in [4.78, 5) is 17.9. The highest BCUT2D eigenvalue weighted by Gasteiger charge is 2.39. The van der Waals surface area contributed by atoms with Crippen LogP contribution in [-0.2, 0) is 9.53 Å². The molecule has 1 fully saturated rings. The maximum absolute atomic E-state index is 12.2. The Balaban J connectivity index is 2.22. The Morgan fingerprint density at radius 2 is 2.29 bits per heavy atom. The number of carbonyl (C=O) groups is 1. The molecule has 2 rings (SSSR count). The van der Waals surface area contributed by atoms with E-state index in [1.807, 2.05) is 13.0 Å².